The highest BCUT2D eigenvalue weighted by Crippen LogP contribution is 2.12. The molecule has 0 saturated carbocycles. The second-order valence-corrected chi connectivity index (χ2v) is 3.77. The van der Waals surface area contributed by atoms with Crippen LogP contribution in [0.25, 0.3) is 0 Å². The van der Waals surface area contributed by atoms with Crippen LogP contribution in [0, 0.1) is 0 Å². The van der Waals surface area contributed by atoms with Gasteiger partial charge in [0.1, 0.15) is 0 Å². The minimum absolute atomic E-state index is 0.00851. The Bertz CT molecular complexity index is 286. The molecule has 0 bridgehead atoms. The Labute approximate surface area is 85.2 Å². The van der Waals surface area contributed by atoms with Crippen LogP contribution in [-0.4, -0.2) is 30.7 Å². The maximum atomic E-state index is 8.93. The number of rotatable bonds is 4. The molecule has 0 aliphatic rings. The summed E-state index contributed by atoms with van der Waals surface area (Å²) in [7, 11) is 4.05. The smallest absolute Gasteiger partial charge is 0.0624 e. The zero-order chi connectivity index (χ0) is 10.6. The summed E-state index contributed by atoms with van der Waals surface area (Å²) in [5.41, 5.74) is 7.94. The maximum absolute atomic E-state index is 8.93. The molecule has 1 aromatic carbocycles. The molecule has 0 spiro atoms. The molecular weight excluding hydrogens is 176 g/mol. The third-order valence-electron chi connectivity index (χ3n) is 2.07. The molecule has 1 atom stereocenters. The third kappa shape index (κ3) is 3.10. The average Bonchev–Trinajstić information content (AvgIpc) is 2.16. The number of aliphatic hydroxyl groups is 1. The van der Waals surface area contributed by atoms with E-state index >= 15 is 0 Å². The van der Waals surface area contributed by atoms with E-state index in [0.29, 0.717) is 0 Å². The highest BCUT2D eigenvalue weighted by molar-refractivity contribution is 5.25. The molecule has 78 valence electrons. The molecule has 1 unspecified atom stereocenters. The van der Waals surface area contributed by atoms with Gasteiger partial charge in [0, 0.05) is 6.54 Å². The minimum Gasteiger partial charge on any atom is -0.394 e. The Kier molecular flexibility index (Phi) is 4.07. The van der Waals surface area contributed by atoms with Gasteiger partial charge in [0.15, 0.2) is 0 Å². The normalized spacial score (nSPS) is 13.2. The first-order valence-corrected chi connectivity index (χ1v) is 4.73. The van der Waals surface area contributed by atoms with Crippen molar-refractivity contribution in [2.24, 2.45) is 5.73 Å². The molecule has 0 aromatic heterocycles. The molecule has 3 nitrogen and oxygen atoms in total. The summed E-state index contributed by atoms with van der Waals surface area (Å²) in [5, 5.41) is 8.93. The molecule has 0 aliphatic carbocycles. The van der Waals surface area contributed by atoms with Gasteiger partial charge in [-0.25, -0.2) is 0 Å². The van der Waals surface area contributed by atoms with Crippen molar-refractivity contribution in [2.75, 3.05) is 20.7 Å². The van der Waals surface area contributed by atoms with E-state index in [1.54, 1.807) is 0 Å². The van der Waals surface area contributed by atoms with Crippen molar-refractivity contribution in [3.05, 3.63) is 35.4 Å². The molecule has 0 aliphatic heterocycles. The minimum atomic E-state index is -0.267. The fourth-order valence-corrected chi connectivity index (χ4v) is 1.39. The van der Waals surface area contributed by atoms with Crippen molar-refractivity contribution in [1.82, 2.24) is 4.90 Å². The topological polar surface area (TPSA) is 49.5 Å². The first-order chi connectivity index (χ1) is 6.63. The second kappa shape index (κ2) is 5.10. The van der Waals surface area contributed by atoms with Gasteiger partial charge in [-0.1, -0.05) is 24.3 Å². The molecule has 1 aromatic rings. The van der Waals surface area contributed by atoms with Crippen molar-refractivity contribution >= 4 is 0 Å². The Morgan fingerprint density at radius 1 is 1.43 bits per heavy atom. The predicted octanol–water partition coefficient (Wildman–Crippen LogP) is 0.740. The molecule has 0 amide bonds. The van der Waals surface area contributed by atoms with Gasteiger partial charge in [0.25, 0.3) is 0 Å². The van der Waals surface area contributed by atoms with Crippen molar-refractivity contribution in [3.63, 3.8) is 0 Å². The van der Waals surface area contributed by atoms with Crippen LogP contribution in [-0.2, 0) is 6.54 Å². The van der Waals surface area contributed by atoms with Crippen molar-refractivity contribution in [1.29, 1.82) is 0 Å². The first kappa shape index (κ1) is 11.2. The van der Waals surface area contributed by atoms with Crippen LogP contribution in [0.1, 0.15) is 17.2 Å². The number of benzene rings is 1. The van der Waals surface area contributed by atoms with Crippen LogP contribution in [0.3, 0.4) is 0 Å². The van der Waals surface area contributed by atoms with Crippen LogP contribution in [0.2, 0.25) is 0 Å². The summed E-state index contributed by atoms with van der Waals surface area (Å²) in [4.78, 5) is 2.10. The first-order valence-electron chi connectivity index (χ1n) is 4.73. The quantitative estimate of drug-likeness (QED) is 0.743. The lowest BCUT2D eigenvalue weighted by molar-refractivity contribution is 0.268. The van der Waals surface area contributed by atoms with Crippen LogP contribution in [0.5, 0.6) is 0 Å². The van der Waals surface area contributed by atoms with Crippen molar-refractivity contribution < 1.29 is 5.11 Å². The van der Waals surface area contributed by atoms with Crippen LogP contribution < -0.4 is 5.73 Å². The monoisotopic (exact) mass is 194 g/mol. The molecular formula is C11H18N2O. The van der Waals surface area contributed by atoms with Gasteiger partial charge in [0.2, 0.25) is 0 Å². The molecule has 0 fully saturated rings. The van der Waals surface area contributed by atoms with Gasteiger partial charge in [-0.2, -0.15) is 0 Å². The largest absolute Gasteiger partial charge is 0.394 e. The van der Waals surface area contributed by atoms with E-state index in [1.165, 1.54) is 5.56 Å². The second-order valence-electron chi connectivity index (χ2n) is 3.77. The average molecular weight is 194 g/mol. The summed E-state index contributed by atoms with van der Waals surface area (Å²) in [6.45, 7) is 0.886. The summed E-state index contributed by atoms with van der Waals surface area (Å²) in [6.07, 6.45) is 0. The van der Waals surface area contributed by atoms with Gasteiger partial charge in [-0.05, 0) is 25.2 Å². The standard InChI is InChI=1S/C11H18N2O/c1-13(2)7-9-4-3-5-10(6-9)11(12)8-14/h3-6,11,14H,7-8,12H2,1-2H3. The highest BCUT2D eigenvalue weighted by atomic mass is 16.3. The lowest BCUT2D eigenvalue weighted by atomic mass is 10.1. The molecule has 0 heterocycles. The summed E-state index contributed by atoms with van der Waals surface area (Å²) in [6, 6.07) is 7.76. The molecule has 3 N–H and O–H groups in total. The van der Waals surface area contributed by atoms with E-state index in [-0.39, 0.29) is 12.6 Å². The molecule has 14 heavy (non-hydrogen) atoms. The molecule has 0 saturated heterocycles. The Morgan fingerprint density at radius 2 is 2.14 bits per heavy atom. The number of hydrogen-bond acceptors (Lipinski definition) is 3. The highest BCUT2D eigenvalue weighted by Gasteiger charge is 2.04. The van der Waals surface area contributed by atoms with Crippen LogP contribution >= 0.6 is 0 Å². The zero-order valence-corrected chi connectivity index (χ0v) is 8.77. The van der Waals surface area contributed by atoms with E-state index in [0.717, 1.165) is 12.1 Å². The lowest BCUT2D eigenvalue weighted by Gasteiger charge is -2.13. The lowest BCUT2D eigenvalue weighted by Crippen LogP contribution is -2.15. The predicted molar refractivity (Wildman–Crippen MR) is 57.8 cm³/mol. The van der Waals surface area contributed by atoms with Gasteiger partial charge in [0.05, 0.1) is 12.6 Å². The van der Waals surface area contributed by atoms with Gasteiger partial charge >= 0.3 is 0 Å². The van der Waals surface area contributed by atoms with Gasteiger partial charge in [-0.3, -0.25) is 0 Å². The van der Waals surface area contributed by atoms with E-state index in [2.05, 4.69) is 11.0 Å². The van der Waals surface area contributed by atoms with Crippen LogP contribution in [0.4, 0.5) is 0 Å². The SMILES string of the molecule is CN(C)Cc1cccc(C(N)CO)c1. The molecule has 0 radical (unpaired) electrons. The summed E-state index contributed by atoms with van der Waals surface area (Å²) in [5.74, 6) is 0. The summed E-state index contributed by atoms with van der Waals surface area (Å²) >= 11 is 0. The van der Waals surface area contributed by atoms with Crippen molar-refractivity contribution in [3.8, 4) is 0 Å². The van der Waals surface area contributed by atoms with Gasteiger partial charge in [-0.15, -0.1) is 0 Å². The van der Waals surface area contributed by atoms with E-state index in [4.69, 9.17) is 10.8 Å². The number of aliphatic hydroxyl groups excluding tert-OH is 1. The maximum Gasteiger partial charge on any atom is 0.0624 e. The Balaban J connectivity index is 2.78. The molecule has 1 rings (SSSR count). The van der Waals surface area contributed by atoms with Crippen molar-refractivity contribution in [2.45, 2.75) is 12.6 Å². The number of hydrogen-bond donors (Lipinski definition) is 2. The van der Waals surface area contributed by atoms with E-state index in [1.807, 2.05) is 32.3 Å². The number of nitrogens with two attached hydrogens (primary N) is 1. The fourth-order valence-electron chi connectivity index (χ4n) is 1.39. The number of nitrogens with zero attached hydrogens (tertiary/aromatic N) is 1. The fraction of sp³-hybridized carbons (Fsp3) is 0.455. The molecule has 3 heteroatoms. The summed E-state index contributed by atoms with van der Waals surface area (Å²) < 4.78 is 0. The Hall–Kier alpha value is -0.900. The van der Waals surface area contributed by atoms with E-state index < -0.39 is 0 Å². The van der Waals surface area contributed by atoms with E-state index in [9.17, 15) is 0 Å². The zero-order valence-electron chi connectivity index (χ0n) is 8.77. The Morgan fingerprint density at radius 3 is 2.71 bits per heavy atom. The third-order valence-corrected chi connectivity index (χ3v) is 2.07. The van der Waals surface area contributed by atoms with Gasteiger partial charge < -0.3 is 15.7 Å². The van der Waals surface area contributed by atoms with Crippen LogP contribution in [0.15, 0.2) is 24.3 Å².